The predicted molar refractivity (Wildman–Crippen MR) is 99.8 cm³/mol. The monoisotopic (exact) mass is 319 g/mol. The first-order valence-electron chi connectivity index (χ1n) is 8.89. The zero-order valence-corrected chi connectivity index (χ0v) is 14.8. The third-order valence-electron chi connectivity index (χ3n) is 4.26. The molecule has 0 fully saturated rings. The van der Waals surface area contributed by atoms with Gasteiger partial charge in [-0.05, 0) is 18.9 Å². The van der Waals surface area contributed by atoms with Crippen LogP contribution < -0.4 is 11.7 Å². The molecule has 0 saturated carbocycles. The second kappa shape index (κ2) is 11.7. The van der Waals surface area contributed by atoms with E-state index in [-0.39, 0.29) is 0 Å². The number of aryl methyl sites for hydroxylation is 1. The van der Waals surface area contributed by atoms with Gasteiger partial charge in [0.2, 0.25) is 0 Å². The van der Waals surface area contributed by atoms with E-state index in [0.717, 1.165) is 29.8 Å². The van der Waals surface area contributed by atoms with Crippen molar-refractivity contribution in [1.29, 1.82) is 0 Å². The van der Waals surface area contributed by atoms with Gasteiger partial charge in [0.05, 0.1) is 17.6 Å². The van der Waals surface area contributed by atoms with Crippen LogP contribution in [0.5, 0.6) is 0 Å². The highest BCUT2D eigenvalue weighted by molar-refractivity contribution is 6.01. The number of aromatic nitrogens is 1. The number of nitrogens with two attached hydrogens (primary N) is 2. The normalized spacial score (nSPS) is 12.3. The molecule has 1 rings (SSSR count). The molecule has 0 bridgehead atoms. The van der Waals surface area contributed by atoms with Crippen molar-refractivity contribution in [1.82, 2.24) is 4.57 Å². The first kappa shape index (κ1) is 19.3. The van der Waals surface area contributed by atoms with Crippen LogP contribution in [-0.2, 0) is 7.05 Å². The van der Waals surface area contributed by atoms with Crippen molar-refractivity contribution in [2.24, 2.45) is 28.9 Å². The molecule has 0 unspecified atom stereocenters. The van der Waals surface area contributed by atoms with Crippen molar-refractivity contribution in [2.45, 2.75) is 71.1 Å². The molecule has 0 aliphatic rings. The molecule has 5 nitrogen and oxygen atoms in total. The Morgan fingerprint density at radius 2 is 1.65 bits per heavy atom. The van der Waals surface area contributed by atoms with Gasteiger partial charge in [-0.1, -0.05) is 58.3 Å². The molecule has 0 radical (unpaired) electrons. The minimum absolute atomic E-state index is 0.926. The van der Waals surface area contributed by atoms with Crippen LogP contribution in [0.3, 0.4) is 0 Å². The standard InChI is InChI=1S/C18H33N5/c1-3-4-5-6-7-8-9-10-11-12-18(22-20)16-13-17(14-21-19)23(2)15-16/h13-15H,3-12,19-20H2,1-2H3/b21-14+,22-18+. The molecule has 23 heavy (non-hydrogen) atoms. The van der Waals surface area contributed by atoms with Crippen molar-refractivity contribution < 1.29 is 0 Å². The van der Waals surface area contributed by atoms with E-state index in [4.69, 9.17) is 11.7 Å². The number of hydrogen-bond donors (Lipinski definition) is 2. The van der Waals surface area contributed by atoms with Crippen LogP contribution in [0.15, 0.2) is 22.5 Å². The van der Waals surface area contributed by atoms with Crippen LogP contribution in [0.2, 0.25) is 0 Å². The van der Waals surface area contributed by atoms with Gasteiger partial charge in [0.15, 0.2) is 0 Å². The fourth-order valence-corrected chi connectivity index (χ4v) is 2.83. The van der Waals surface area contributed by atoms with E-state index in [0.29, 0.717) is 0 Å². The van der Waals surface area contributed by atoms with Crippen LogP contribution in [0.4, 0.5) is 0 Å². The van der Waals surface area contributed by atoms with Crippen LogP contribution in [0, 0.1) is 0 Å². The maximum atomic E-state index is 5.57. The summed E-state index contributed by atoms with van der Waals surface area (Å²) in [6.07, 6.45) is 16.5. The summed E-state index contributed by atoms with van der Waals surface area (Å²) in [5.74, 6) is 10.8. The first-order chi connectivity index (χ1) is 11.2. The Labute approximate surface area is 140 Å². The molecule has 1 aromatic heterocycles. The van der Waals surface area contributed by atoms with Gasteiger partial charge in [-0.25, -0.2) is 0 Å². The van der Waals surface area contributed by atoms with Crippen molar-refractivity contribution in [3.63, 3.8) is 0 Å². The van der Waals surface area contributed by atoms with Gasteiger partial charge in [0.25, 0.3) is 0 Å². The number of hydrazone groups is 2. The molecule has 1 aromatic rings. The van der Waals surface area contributed by atoms with Crippen LogP contribution in [0.1, 0.15) is 82.4 Å². The van der Waals surface area contributed by atoms with Crippen LogP contribution >= 0.6 is 0 Å². The summed E-state index contributed by atoms with van der Waals surface area (Å²) in [5, 5.41) is 7.54. The van der Waals surface area contributed by atoms with Gasteiger partial charge in [-0.15, -0.1) is 0 Å². The number of hydrogen-bond acceptors (Lipinski definition) is 4. The van der Waals surface area contributed by atoms with Gasteiger partial charge >= 0.3 is 0 Å². The molecule has 0 spiro atoms. The van der Waals surface area contributed by atoms with Gasteiger partial charge in [0.1, 0.15) is 0 Å². The topological polar surface area (TPSA) is 81.7 Å². The summed E-state index contributed by atoms with van der Waals surface area (Å²) in [5.41, 5.74) is 2.97. The average molecular weight is 319 g/mol. The van der Waals surface area contributed by atoms with Crippen molar-refractivity contribution >= 4 is 11.9 Å². The van der Waals surface area contributed by atoms with Crippen molar-refractivity contribution in [3.05, 3.63) is 23.5 Å². The predicted octanol–water partition coefficient (Wildman–Crippen LogP) is 3.90. The fraction of sp³-hybridized carbons (Fsp3) is 0.667. The minimum Gasteiger partial charge on any atom is -0.349 e. The first-order valence-corrected chi connectivity index (χ1v) is 8.89. The Balaban J connectivity index is 2.26. The lowest BCUT2D eigenvalue weighted by Crippen LogP contribution is -2.03. The summed E-state index contributed by atoms with van der Waals surface area (Å²) in [6, 6.07) is 2.02. The van der Waals surface area contributed by atoms with Crippen molar-refractivity contribution in [3.8, 4) is 0 Å². The lowest BCUT2D eigenvalue weighted by atomic mass is 10.0. The second-order valence-corrected chi connectivity index (χ2v) is 6.20. The Bertz CT molecular complexity index is 488. The zero-order chi connectivity index (χ0) is 16.9. The zero-order valence-electron chi connectivity index (χ0n) is 14.8. The molecule has 0 aliphatic carbocycles. The molecule has 0 atom stereocenters. The van der Waals surface area contributed by atoms with E-state index >= 15 is 0 Å². The molecule has 1 heterocycles. The molecule has 0 aliphatic heterocycles. The number of unbranched alkanes of at least 4 members (excludes halogenated alkanes) is 8. The SMILES string of the molecule is CCCCCCCCCCC/C(=N\N)c1cc(/C=N/N)n(C)c1. The summed E-state index contributed by atoms with van der Waals surface area (Å²) in [7, 11) is 1.97. The summed E-state index contributed by atoms with van der Waals surface area (Å²) < 4.78 is 1.98. The lowest BCUT2D eigenvalue weighted by molar-refractivity contribution is 0.568. The fourth-order valence-electron chi connectivity index (χ4n) is 2.83. The maximum absolute atomic E-state index is 5.57. The highest BCUT2D eigenvalue weighted by Crippen LogP contribution is 2.14. The van der Waals surface area contributed by atoms with Crippen LogP contribution in [-0.4, -0.2) is 16.5 Å². The third-order valence-corrected chi connectivity index (χ3v) is 4.26. The van der Waals surface area contributed by atoms with Gasteiger partial charge in [-0.3, -0.25) is 0 Å². The highest BCUT2D eigenvalue weighted by atomic mass is 15.1. The van der Waals surface area contributed by atoms with Crippen LogP contribution in [0.25, 0.3) is 0 Å². The summed E-state index contributed by atoms with van der Waals surface area (Å²) >= 11 is 0. The Kier molecular flexibility index (Phi) is 9.84. The molecule has 0 amide bonds. The maximum Gasteiger partial charge on any atom is 0.0702 e. The molecular weight excluding hydrogens is 286 g/mol. The highest BCUT2D eigenvalue weighted by Gasteiger charge is 2.08. The molecule has 0 aromatic carbocycles. The lowest BCUT2D eigenvalue weighted by Gasteiger charge is -2.04. The smallest absolute Gasteiger partial charge is 0.0702 e. The molecule has 0 saturated heterocycles. The molecule has 4 N–H and O–H groups in total. The van der Waals surface area contributed by atoms with Gasteiger partial charge < -0.3 is 16.3 Å². The minimum atomic E-state index is 0.926. The second-order valence-electron chi connectivity index (χ2n) is 6.20. The number of nitrogens with zero attached hydrogens (tertiary/aromatic N) is 3. The van der Waals surface area contributed by atoms with Gasteiger partial charge in [0, 0.05) is 18.8 Å². The van der Waals surface area contributed by atoms with E-state index < -0.39 is 0 Å². The van der Waals surface area contributed by atoms with E-state index in [1.165, 1.54) is 51.4 Å². The summed E-state index contributed by atoms with van der Waals surface area (Å²) in [6.45, 7) is 2.26. The third kappa shape index (κ3) is 7.35. The van der Waals surface area contributed by atoms with E-state index in [1.54, 1.807) is 6.21 Å². The van der Waals surface area contributed by atoms with E-state index in [9.17, 15) is 0 Å². The van der Waals surface area contributed by atoms with E-state index in [1.807, 2.05) is 23.9 Å². The molecular formula is C18H33N5. The van der Waals surface area contributed by atoms with Crippen molar-refractivity contribution in [2.75, 3.05) is 0 Å². The van der Waals surface area contributed by atoms with E-state index in [2.05, 4.69) is 17.1 Å². The number of rotatable bonds is 12. The molecule has 130 valence electrons. The average Bonchev–Trinajstić information content (AvgIpc) is 2.90. The largest absolute Gasteiger partial charge is 0.349 e. The quantitative estimate of drug-likeness (QED) is 0.265. The Morgan fingerprint density at radius 1 is 1.04 bits per heavy atom. The Morgan fingerprint density at radius 3 is 2.22 bits per heavy atom. The molecule has 5 heteroatoms. The Hall–Kier alpha value is -1.78. The van der Waals surface area contributed by atoms with Gasteiger partial charge in [-0.2, -0.15) is 10.2 Å². The summed E-state index contributed by atoms with van der Waals surface area (Å²) in [4.78, 5) is 0.